The van der Waals surface area contributed by atoms with E-state index in [0.29, 0.717) is 11.4 Å². The van der Waals surface area contributed by atoms with Crippen LogP contribution in [0.5, 0.6) is 0 Å². The van der Waals surface area contributed by atoms with Crippen LogP contribution in [0.2, 0.25) is 0 Å². The molecular formula is C17H20ClFN4OS. The summed E-state index contributed by atoms with van der Waals surface area (Å²) < 4.78 is 14.9. The van der Waals surface area contributed by atoms with Crippen molar-refractivity contribution in [3.63, 3.8) is 0 Å². The number of benzene rings is 1. The molecule has 2 heterocycles. The molecule has 0 aliphatic heterocycles. The Balaban J connectivity index is 0.00000225. The van der Waals surface area contributed by atoms with Crippen LogP contribution < -0.4 is 5.73 Å². The zero-order chi connectivity index (χ0) is 17.4. The summed E-state index contributed by atoms with van der Waals surface area (Å²) in [6.45, 7) is 4.22. The molecule has 0 aliphatic rings. The highest BCUT2D eigenvalue weighted by atomic mass is 35.5. The number of hydrogen-bond acceptors (Lipinski definition) is 4. The molecule has 134 valence electrons. The lowest BCUT2D eigenvalue weighted by Gasteiger charge is -2.22. The largest absolute Gasteiger partial charge is 0.337 e. The average molecular weight is 383 g/mol. The summed E-state index contributed by atoms with van der Waals surface area (Å²) >= 11 is 1.38. The summed E-state index contributed by atoms with van der Waals surface area (Å²) in [5, 5.41) is 5.44. The molecule has 2 N–H and O–H groups in total. The maximum Gasteiger partial charge on any atom is 0.264 e. The van der Waals surface area contributed by atoms with Crippen LogP contribution in [0.1, 0.15) is 22.3 Å². The van der Waals surface area contributed by atoms with E-state index in [2.05, 4.69) is 5.10 Å². The SMILES string of the molecule is Cc1nn(-c2ccc(F)cc2)c2sc(C(=O)N(C)C(C)CN)cc12.Cl. The van der Waals surface area contributed by atoms with Gasteiger partial charge in [-0.05, 0) is 44.2 Å². The normalized spacial score (nSPS) is 12.0. The number of hydrogen-bond donors (Lipinski definition) is 1. The first-order valence-corrected chi connectivity index (χ1v) is 8.46. The fourth-order valence-electron chi connectivity index (χ4n) is 2.44. The number of fused-ring (bicyclic) bond motifs is 1. The van der Waals surface area contributed by atoms with Crippen molar-refractivity contribution in [2.75, 3.05) is 13.6 Å². The van der Waals surface area contributed by atoms with E-state index in [-0.39, 0.29) is 30.2 Å². The number of aryl methyl sites for hydroxylation is 1. The summed E-state index contributed by atoms with van der Waals surface area (Å²) in [4.78, 5) is 15.8. The van der Waals surface area contributed by atoms with Crippen LogP contribution in [0.25, 0.3) is 15.9 Å². The molecule has 0 spiro atoms. The Morgan fingerprint density at radius 2 is 2.04 bits per heavy atom. The minimum absolute atomic E-state index is 0. The number of halogens is 2. The van der Waals surface area contributed by atoms with Crippen LogP contribution in [-0.4, -0.2) is 40.2 Å². The maximum atomic E-state index is 13.1. The Bertz CT molecular complexity index is 890. The first-order valence-electron chi connectivity index (χ1n) is 7.64. The van der Waals surface area contributed by atoms with E-state index in [1.165, 1.54) is 23.5 Å². The Morgan fingerprint density at radius 3 is 2.64 bits per heavy atom. The van der Waals surface area contributed by atoms with Gasteiger partial charge in [0.25, 0.3) is 5.91 Å². The van der Waals surface area contributed by atoms with Gasteiger partial charge in [-0.15, -0.1) is 23.7 Å². The van der Waals surface area contributed by atoms with Crippen LogP contribution in [0, 0.1) is 12.7 Å². The standard InChI is InChI=1S/C17H19FN4OS.ClH/c1-10(9-19)21(3)16(23)15-8-14-11(2)20-22(17(14)24-15)13-6-4-12(18)5-7-13;/h4-8,10H,9,19H2,1-3H3;1H. The van der Waals surface area contributed by atoms with E-state index in [1.807, 2.05) is 19.9 Å². The summed E-state index contributed by atoms with van der Waals surface area (Å²) in [5.41, 5.74) is 7.24. The maximum absolute atomic E-state index is 13.1. The molecule has 0 aliphatic carbocycles. The molecule has 8 heteroatoms. The lowest BCUT2D eigenvalue weighted by Crippen LogP contribution is -2.39. The van der Waals surface area contributed by atoms with Crippen LogP contribution in [0.4, 0.5) is 4.39 Å². The number of rotatable bonds is 4. The molecule has 1 aromatic carbocycles. The number of likely N-dealkylation sites (N-methyl/N-ethyl adjacent to an activating group) is 1. The van der Waals surface area contributed by atoms with Crippen molar-refractivity contribution >= 4 is 39.9 Å². The molecule has 1 atom stereocenters. The number of thiophene rings is 1. The number of amides is 1. The molecule has 0 saturated heterocycles. The fraction of sp³-hybridized carbons (Fsp3) is 0.294. The van der Waals surface area contributed by atoms with Crippen LogP contribution in [0.3, 0.4) is 0 Å². The second-order valence-corrected chi connectivity index (χ2v) is 6.83. The Kier molecular flexibility index (Phi) is 5.82. The molecule has 1 unspecified atom stereocenters. The summed E-state index contributed by atoms with van der Waals surface area (Å²) in [7, 11) is 1.75. The van der Waals surface area contributed by atoms with Gasteiger partial charge in [0.15, 0.2) is 0 Å². The molecule has 2 aromatic heterocycles. The van der Waals surface area contributed by atoms with Crippen molar-refractivity contribution in [2.24, 2.45) is 5.73 Å². The average Bonchev–Trinajstić information content (AvgIpc) is 3.14. The van der Waals surface area contributed by atoms with Gasteiger partial charge in [-0.25, -0.2) is 9.07 Å². The van der Waals surface area contributed by atoms with Gasteiger partial charge in [-0.1, -0.05) is 0 Å². The molecule has 5 nitrogen and oxygen atoms in total. The van der Waals surface area contributed by atoms with Crippen LogP contribution in [0.15, 0.2) is 30.3 Å². The molecule has 0 radical (unpaired) electrons. The highest BCUT2D eigenvalue weighted by Gasteiger charge is 2.21. The predicted molar refractivity (Wildman–Crippen MR) is 101 cm³/mol. The molecule has 0 bridgehead atoms. The molecule has 25 heavy (non-hydrogen) atoms. The lowest BCUT2D eigenvalue weighted by molar-refractivity contribution is 0.0753. The third-order valence-corrected chi connectivity index (χ3v) is 5.25. The second kappa shape index (κ2) is 7.51. The van der Waals surface area contributed by atoms with E-state index in [4.69, 9.17) is 5.73 Å². The zero-order valence-corrected chi connectivity index (χ0v) is 15.8. The Morgan fingerprint density at radius 1 is 1.40 bits per heavy atom. The minimum atomic E-state index is -0.293. The van der Waals surface area contributed by atoms with Gasteiger partial charge in [0.05, 0.1) is 16.3 Å². The van der Waals surface area contributed by atoms with E-state index in [0.717, 1.165) is 21.6 Å². The van der Waals surface area contributed by atoms with Crippen LogP contribution >= 0.6 is 23.7 Å². The second-order valence-electron chi connectivity index (χ2n) is 5.80. The fourth-order valence-corrected chi connectivity index (χ4v) is 3.61. The first kappa shape index (κ1) is 19.4. The Labute approximate surface area is 155 Å². The molecule has 3 aromatic rings. The minimum Gasteiger partial charge on any atom is -0.337 e. The van der Waals surface area contributed by atoms with Gasteiger partial charge in [0.2, 0.25) is 0 Å². The van der Waals surface area contributed by atoms with Crippen molar-refractivity contribution in [2.45, 2.75) is 19.9 Å². The van der Waals surface area contributed by atoms with Crippen molar-refractivity contribution in [1.29, 1.82) is 0 Å². The van der Waals surface area contributed by atoms with Gasteiger partial charge >= 0.3 is 0 Å². The van der Waals surface area contributed by atoms with E-state index < -0.39 is 0 Å². The summed E-state index contributed by atoms with van der Waals surface area (Å²) in [6, 6.07) is 7.97. The van der Waals surface area contributed by atoms with E-state index in [1.54, 1.807) is 28.8 Å². The van der Waals surface area contributed by atoms with Crippen LogP contribution in [-0.2, 0) is 0 Å². The van der Waals surface area contributed by atoms with Crippen molar-refractivity contribution in [1.82, 2.24) is 14.7 Å². The van der Waals surface area contributed by atoms with Crippen molar-refractivity contribution in [3.8, 4) is 5.69 Å². The van der Waals surface area contributed by atoms with E-state index >= 15 is 0 Å². The lowest BCUT2D eigenvalue weighted by atomic mass is 10.2. The van der Waals surface area contributed by atoms with Gasteiger partial charge in [0.1, 0.15) is 10.6 Å². The van der Waals surface area contributed by atoms with Gasteiger partial charge in [-0.2, -0.15) is 5.10 Å². The van der Waals surface area contributed by atoms with Gasteiger partial charge < -0.3 is 10.6 Å². The van der Waals surface area contributed by atoms with E-state index in [9.17, 15) is 9.18 Å². The Hall–Kier alpha value is -1.96. The van der Waals surface area contributed by atoms with Crippen molar-refractivity contribution in [3.05, 3.63) is 46.7 Å². The topological polar surface area (TPSA) is 64.2 Å². The third-order valence-electron chi connectivity index (χ3n) is 4.15. The predicted octanol–water partition coefficient (Wildman–Crippen LogP) is 3.38. The number of nitrogens with zero attached hydrogens (tertiary/aromatic N) is 3. The molecule has 3 rings (SSSR count). The quantitative estimate of drug-likeness (QED) is 0.752. The van der Waals surface area contributed by atoms with Gasteiger partial charge in [0, 0.05) is 25.0 Å². The smallest absolute Gasteiger partial charge is 0.264 e. The highest BCUT2D eigenvalue weighted by Crippen LogP contribution is 2.31. The molecular weight excluding hydrogens is 363 g/mol. The number of carbonyl (C=O) groups excluding carboxylic acids is 1. The summed E-state index contributed by atoms with van der Waals surface area (Å²) in [5.74, 6) is -0.350. The highest BCUT2D eigenvalue weighted by molar-refractivity contribution is 7.20. The molecule has 0 fully saturated rings. The zero-order valence-electron chi connectivity index (χ0n) is 14.2. The monoisotopic (exact) mass is 382 g/mol. The summed E-state index contributed by atoms with van der Waals surface area (Å²) in [6.07, 6.45) is 0. The van der Waals surface area contributed by atoms with Gasteiger partial charge in [-0.3, -0.25) is 4.79 Å². The first-order chi connectivity index (χ1) is 11.4. The molecule has 0 saturated carbocycles. The number of aromatic nitrogens is 2. The number of carbonyl (C=O) groups is 1. The third kappa shape index (κ3) is 3.53. The number of nitrogens with two attached hydrogens (primary N) is 1. The van der Waals surface area contributed by atoms with Crippen molar-refractivity contribution < 1.29 is 9.18 Å². The molecule has 1 amide bonds.